The Morgan fingerprint density at radius 3 is 2.64 bits per heavy atom. The van der Waals surface area contributed by atoms with Gasteiger partial charge in [0.1, 0.15) is 43.3 Å². The number of hydrogen-bond acceptors (Lipinski definition) is 14. The molecule has 0 aliphatic carbocycles. The van der Waals surface area contributed by atoms with Crippen molar-refractivity contribution in [2.24, 2.45) is 0 Å². The van der Waals surface area contributed by atoms with E-state index < -0.39 is 66.7 Å². The van der Waals surface area contributed by atoms with Gasteiger partial charge in [-0.3, -0.25) is 14.4 Å². The molecule has 6 heterocycles. The fraction of sp³-hybridized carbons (Fsp3) is 0.357. The first-order chi connectivity index (χ1) is 29.4. The number of imidazole rings is 1. The van der Waals surface area contributed by atoms with E-state index >= 15 is 0 Å². The number of ether oxygens (including phenoxy) is 5. The highest BCUT2D eigenvalue weighted by molar-refractivity contribution is 7.80. The summed E-state index contributed by atoms with van der Waals surface area (Å²) in [4.78, 5) is 66.5. The number of rotatable bonds is 12. The summed E-state index contributed by atoms with van der Waals surface area (Å²) in [5.41, 5.74) is 1.87. The number of carbonyl (C=O) groups excluding carboxylic acids is 3. The summed E-state index contributed by atoms with van der Waals surface area (Å²) in [5, 5.41) is 30.4. The number of thiocarbonyl (C=S) groups is 1. The van der Waals surface area contributed by atoms with Crippen LogP contribution in [0.4, 0.5) is 5.69 Å². The number of methoxy groups -OCH3 is 1. The van der Waals surface area contributed by atoms with Gasteiger partial charge in [0.15, 0.2) is 5.11 Å². The lowest BCUT2D eigenvalue weighted by molar-refractivity contribution is -0.272. The molecule has 5 aromatic rings. The number of fused-ring (bicyclic) bond motifs is 5. The summed E-state index contributed by atoms with van der Waals surface area (Å²) in [6.45, 7) is 2.65. The number of aliphatic hydroxyl groups is 2. The van der Waals surface area contributed by atoms with Gasteiger partial charge in [-0.15, -0.1) is 0 Å². The largest absolute Gasteiger partial charge is 0.462 e. The highest BCUT2D eigenvalue weighted by Crippen LogP contribution is 2.41. The molecule has 0 radical (unpaired) electrons. The van der Waals surface area contributed by atoms with Crippen LogP contribution in [0.3, 0.4) is 0 Å². The summed E-state index contributed by atoms with van der Waals surface area (Å²) in [6.07, 6.45) is -1.87. The number of para-hydroxylation sites is 1. The van der Waals surface area contributed by atoms with Gasteiger partial charge in [-0.1, -0.05) is 25.1 Å². The standard InChI is InChI=1S/C42H43N7O11S/c1-4-42(28-15-31-33-23(13-22-7-5-6-8-29(22)47-33)18-49(31)38(54)27(28)19-57-40(42)55)60-32(50)17-44-37(53)30(14-25-16-43-20-45-25)48-41(61)46-24-9-11-26(12-10-24)59-39-35(52)36(56-3)34(51)21(2)58-39/h5-13,15-16,20-21,30,34-36,39,51-52H,4,14,17-19H2,1-3H3,(H,43,45)(H,44,53)(H2,46,48,61)/t21-,30-,34+,35-,36+,39+,42-/m0/s1. The minimum atomic E-state index is -1.96. The van der Waals surface area contributed by atoms with Crippen molar-refractivity contribution in [2.75, 3.05) is 19.0 Å². The molecule has 8 rings (SSSR count). The predicted octanol–water partition coefficient (Wildman–Crippen LogP) is 1.93. The fourth-order valence-electron chi connectivity index (χ4n) is 7.87. The van der Waals surface area contributed by atoms with Gasteiger partial charge >= 0.3 is 11.9 Å². The number of nitrogens with one attached hydrogen (secondary N) is 4. The third-order valence-electron chi connectivity index (χ3n) is 11.1. The molecule has 7 atom stereocenters. The second kappa shape index (κ2) is 17.0. The van der Waals surface area contributed by atoms with Crippen molar-refractivity contribution < 1.29 is 48.3 Å². The predicted molar refractivity (Wildman–Crippen MR) is 221 cm³/mol. The van der Waals surface area contributed by atoms with Crippen molar-refractivity contribution in [1.29, 1.82) is 0 Å². The summed E-state index contributed by atoms with van der Waals surface area (Å²) in [5.74, 6) is -2.04. The molecule has 19 heteroatoms. The van der Waals surface area contributed by atoms with Gasteiger partial charge in [0.2, 0.25) is 17.8 Å². The van der Waals surface area contributed by atoms with Crippen LogP contribution < -0.4 is 26.2 Å². The average Bonchev–Trinajstić information content (AvgIpc) is 3.90. The molecule has 0 bridgehead atoms. The van der Waals surface area contributed by atoms with E-state index in [0.717, 1.165) is 16.5 Å². The van der Waals surface area contributed by atoms with Crippen LogP contribution >= 0.6 is 12.2 Å². The van der Waals surface area contributed by atoms with E-state index in [4.69, 9.17) is 40.9 Å². The summed E-state index contributed by atoms with van der Waals surface area (Å²) < 4.78 is 29.6. The van der Waals surface area contributed by atoms with E-state index in [-0.39, 0.29) is 47.8 Å². The van der Waals surface area contributed by atoms with Gasteiger partial charge in [0.05, 0.1) is 41.4 Å². The molecule has 3 aliphatic rings. The maximum Gasteiger partial charge on any atom is 0.355 e. The van der Waals surface area contributed by atoms with Crippen LogP contribution in [0.5, 0.6) is 5.75 Å². The van der Waals surface area contributed by atoms with Crippen LogP contribution in [0.1, 0.15) is 42.7 Å². The average molecular weight is 854 g/mol. The fourth-order valence-corrected chi connectivity index (χ4v) is 8.13. The first-order valence-corrected chi connectivity index (χ1v) is 20.0. The van der Waals surface area contributed by atoms with Crippen LogP contribution in [0.2, 0.25) is 0 Å². The van der Waals surface area contributed by atoms with Crippen LogP contribution in [0.25, 0.3) is 22.3 Å². The lowest BCUT2D eigenvalue weighted by Crippen LogP contribution is -2.59. The van der Waals surface area contributed by atoms with E-state index in [9.17, 15) is 29.4 Å². The van der Waals surface area contributed by atoms with Crippen molar-refractivity contribution in [1.82, 2.24) is 30.2 Å². The van der Waals surface area contributed by atoms with Gasteiger partial charge in [0.25, 0.3) is 5.56 Å². The van der Waals surface area contributed by atoms with Crippen molar-refractivity contribution in [3.05, 3.63) is 106 Å². The maximum absolute atomic E-state index is 13.9. The molecule has 318 valence electrons. The summed E-state index contributed by atoms with van der Waals surface area (Å²) in [7, 11) is 1.38. The summed E-state index contributed by atoms with van der Waals surface area (Å²) in [6, 6.07) is 16.8. The van der Waals surface area contributed by atoms with Gasteiger partial charge in [-0.05, 0) is 68.0 Å². The van der Waals surface area contributed by atoms with E-state index in [0.29, 0.717) is 28.5 Å². The number of aromatic amines is 1. The van der Waals surface area contributed by atoms with Gasteiger partial charge < -0.3 is 59.4 Å². The minimum absolute atomic E-state index is 0.0512. The molecule has 61 heavy (non-hydrogen) atoms. The molecule has 18 nitrogen and oxygen atoms in total. The van der Waals surface area contributed by atoms with Gasteiger partial charge in [-0.2, -0.15) is 0 Å². The zero-order chi connectivity index (χ0) is 43.0. The van der Waals surface area contributed by atoms with Crippen LogP contribution in [0.15, 0.2) is 78.0 Å². The molecule has 1 fully saturated rings. The molecule has 0 unspecified atom stereocenters. The number of hydrogen-bond donors (Lipinski definition) is 6. The number of cyclic esters (lactones) is 1. The Morgan fingerprint density at radius 2 is 1.90 bits per heavy atom. The molecular formula is C42H43N7O11S. The number of H-pyrrole nitrogens is 1. The van der Waals surface area contributed by atoms with Crippen molar-refractivity contribution in [3.8, 4) is 17.1 Å². The normalized spacial score (nSPS) is 23.2. The van der Waals surface area contributed by atoms with Crippen LogP contribution in [0, 0.1) is 0 Å². The van der Waals surface area contributed by atoms with E-state index in [1.807, 2.05) is 30.3 Å². The number of aliphatic hydroxyl groups excluding tert-OH is 2. The van der Waals surface area contributed by atoms with Crippen LogP contribution in [-0.4, -0.2) is 103 Å². The topological polar surface area (TPSA) is 237 Å². The quantitative estimate of drug-likeness (QED) is 0.0762. The Balaban J connectivity index is 0.936. The molecule has 1 amide bonds. The van der Waals surface area contributed by atoms with Crippen molar-refractivity contribution in [3.63, 3.8) is 0 Å². The molecule has 6 N–H and O–H groups in total. The van der Waals surface area contributed by atoms with Crippen LogP contribution in [-0.2, 0) is 58.5 Å². The number of pyridine rings is 2. The first-order valence-electron chi connectivity index (χ1n) is 19.6. The number of carbonyl (C=O) groups is 3. The van der Waals surface area contributed by atoms with E-state index in [1.165, 1.54) is 13.4 Å². The smallest absolute Gasteiger partial charge is 0.355 e. The lowest BCUT2D eigenvalue weighted by atomic mass is 9.85. The molecule has 0 spiro atoms. The molecule has 0 saturated carbocycles. The number of esters is 2. The molecule has 1 saturated heterocycles. The monoisotopic (exact) mass is 853 g/mol. The zero-order valence-corrected chi connectivity index (χ0v) is 34.1. The minimum Gasteiger partial charge on any atom is -0.462 e. The molecule has 2 aromatic carbocycles. The summed E-state index contributed by atoms with van der Waals surface area (Å²) >= 11 is 5.55. The number of anilines is 1. The first kappa shape index (κ1) is 41.5. The molecular weight excluding hydrogens is 811 g/mol. The van der Waals surface area contributed by atoms with Gasteiger partial charge in [-0.25, -0.2) is 14.8 Å². The zero-order valence-electron chi connectivity index (χ0n) is 33.2. The Morgan fingerprint density at radius 1 is 1.11 bits per heavy atom. The van der Waals surface area contributed by atoms with Crippen molar-refractivity contribution >= 4 is 51.8 Å². The third kappa shape index (κ3) is 8.05. The SMILES string of the molecule is CC[C@@]1(OC(=O)CNC(=O)[C@H](Cc2cnc[nH]2)NC(=S)Nc2ccc(O[C@H]3O[C@@H](C)[C@@H](O)[C@@H](OC)[C@@H]3O)cc2)C(=O)OCc2c1cc1n(c2=O)Cc2cc3ccccc3nc2-1. The Labute approximate surface area is 353 Å². The van der Waals surface area contributed by atoms with E-state index in [2.05, 4.69) is 25.9 Å². The lowest BCUT2D eigenvalue weighted by Gasteiger charge is -2.40. The number of amides is 1. The Hall–Kier alpha value is -6.25. The number of benzene rings is 2. The Kier molecular flexibility index (Phi) is 11.6. The Bertz CT molecular complexity index is 2550. The second-order valence-electron chi connectivity index (χ2n) is 14.9. The van der Waals surface area contributed by atoms with Crippen molar-refractivity contribution in [2.45, 2.75) is 82.2 Å². The maximum atomic E-state index is 13.9. The third-order valence-corrected chi connectivity index (χ3v) is 11.3. The van der Waals surface area contributed by atoms with Gasteiger partial charge in [0, 0.05) is 47.6 Å². The number of aromatic nitrogens is 4. The molecule has 3 aromatic heterocycles. The highest BCUT2D eigenvalue weighted by atomic mass is 32.1. The highest BCUT2D eigenvalue weighted by Gasteiger charge is 2.50. The molecule has 3 aliphatic heterocycles. The second-order valence-corrected chi connectivity index (χ2v) is 15.3. The van der Waals surface area contributed by atoms with E-state index in [1.54, 1.807) is 54.9 Å². The number of nitrogens with zero attached hydrogens (tertiary/aromatic N) is 3.